The Morgan fingerprint density at radius 1 is 1.06 bits per heavy atom. The Morgan fingerprint density at radius 3 is 2.65 bits per heavy atom. The number of amides is 1. The lowest BCUT2D eigenvalue weighted by Gasteiger charge is -2.37. The maximum atomic E-state index is 13.2. The molecule has 2 saturated heterocycles. The number of methoxy groups -OCH3 is 1. The molecule has 2 aliphatic heterocycles. The summed E-state index contributed by atoms with van der Waals surface area (Å²) in [6.45, 7) is 9.98. The summed E-state index contributed by atoms with van der Waals surface area (Å²) >= 11 is 0. The number of aromatic amines is 1. The second-order valence-corrected chi connectivity index (χ2v) is 9.91. The molecule has 0 radical (unpaired) electrons. The number of nitrogens with zero attached hydrogens (tertiary/aromatic N) is 3. The summed E-state index contributed by atoms with van der Waals surface area (Å²) in [5.41, 5.74) is 4.40. The van der Waals surface area contributed by atoms with Crippen molar-refractivity contribution in [1.29, 1.82) is 0 Å². The summed E-state index contributed by atoms with van der Waals surface area (Å²) in [4.78, 5) is 23.5. The lowest BCUT2D eigenvalue weighted by molar-refractivity contribution is 0.0595. The maximum absolute atomic E-state index is 13.2. The molecule has 1 N–H and O–H groups in total. The van der Waals surface area contributed by atoms with Crippen LogP contribution in [0.25, 0.3) is 10.9 Å². The first-order valence-electron chi connectivity index (χ1n) is 12.6. The smallest absolute Gasteiger partial charge is 0.254 e. The average Bonchev–Trinajstić information content (AvgIpc) is 3.32. The van der Waals surface area contributed by atoms with Crippen molar-refractivity contribution in [2.45, 2.75) is 38.6 Å². The fraction of sp³-hybridized carbons (Fsp3) is 0.464. The minimum absolute atomic E-state index is 0.142. The number of aromatic nitrogens is 1. The van der Waals surface area contributed by atoms with Gasteiger partial charge in [0.1, 0.15) is 5.75 Å². The van der Waals surface area contributed by atoms with Gasteiger partial charge in [0.2, 0.25) is 0 Å². The zero-order valence-electron chi connectivity index (χ0n) is 20.6. The molecule has 34 heavy (non-hydrogen) atoms. The Morgan fingerprint density at radius 2 is 1.88 bits per heavy atom. The number of hydrogen-bond donors (Lipinski definition) is 1. The Bertz CT molecular complexity index is 1150. The number of piperidine rings is 1. The first-order chi connectivity index (χ1) is 16.5. The van der Waals surface area contributed by atoms with Crippen LogP contribution in [0.15, 0.2) is 48.7 Å². The molecule has 2 aromatic carbocycles. The zero-order valence-corrected chi connectivity index (χ0v) is 20.6. The Hall–Kier alpha value is -2.99. The highest BCUT2D eigenvalue weighted by Crippen LogP contribution is 2.35. The maximum Gasteiger partial charge on any atom is 0.254 e. The highest BCUT2D eigenvalue weighted by molar-refractivity contribution is 5.98. The van der Waals surface area contributed by atoms with Crippen molar-refractivity contribution in [2.24, 2.45) is 0 Å². The number of hydrogen-bond acceptors (Lipinski definition) is 4. The van der Waals surface area contributed by atoms with Crippen LogP contribution >= 0.6 is 0 Å². The molecular formula is C28H36N4O2. The second kappa shape index (κ2) is 9.71. The standard InChI is InChI=1S/C28H36N4O2/c1-20(2)30-12-14-31(15-13-30)28(33)21-9-10-25-26(18-29-27(25)16-21)22-6-5-11-32(19-22)23-7-4-8-24(17-23)34-3/h4,7-10,16-18,20,22,29H,5-6,11-15,19H2,1-3H3. The van der Waals surface area contributed by atoms with Gasteiger partial charge in [-0.25, -0.2) is 0 Å². The van der Waals surface area contributed by atoms with Crippen LogP contribution < -0.4 is 9.64 Å². The van der Waals surface area contributed by atoms with E-state index in [0.29, 0.717) is 12.0 Å². The van der Waals surface area contributed by atoms with Gasteiger partial charge in [-0.05, 0) is 56.5 Å². The zero-order chi connectivity index (χ0) is 23.7. The number of rotatable bonds is 5. The van der Waals surface area contributed by atoms with E-state index in [9.17, 15) is 4.79 Å². The largest absolute Gasteiger partial charge is 0.497 e. The van der Waals surface area contributed by atoms with Crippen molar-refractivity contribution in [2.75, 3.05) is 51.3 Å². The van der Waals surface area contributed by atoms with Crippen molar-refractivity contribution in [1.82, 2.24) is 14.8 Å². The van der Waals surface area contributed by atoms with E-state index >= 15 is 0 Å². The molecule has 1 aromatic heterocycles. The van der Waals surface area contributed by atoms with E-state index in [1.807, 2.05) is 23.1 Å². The van der Waals surface area contributed by atoms with E-state index in [-0.39, 0.29) is 5.91 Å². The molecule has 3 aromatic rings. The molecule has 6 nitrogen and oxygen atoms in total. The van der Waals surface area contributed by atoms with Crippen molar-refractivity contribution >= 4 is 22.5 Å². The second-order valence-electron chi connectivity index (χ2n) is 9.91. The molecule has 2 aliphatic rings. The third-order valence-electron chi connectivity index (χ3n) is 7.57. The van der Waals surface area contributed by atoms with Crippen molar-refractivity contribution in [3.05, 3.63) is 59.8 Å². The van der Waals surface area contributed by atoms with Crippen LogP contribution in [0.4, 0.5) is 5.69 Å². The van der Waals surface area contributed by atoms with Crippen LogP contribution in [0.5, 0.6) is 5.75 Å². The molecule has 2 fully saturated rings. The van der Waals surface area contributed by atoms with Gasteiger partial charge in [0.25, 0.3) is 5.91 Å². The summed E-state index contributed by atoms with van der Waals surface area (Å²) in [7, 11) is 1.72. The number of nitrogens with one attached hydrogen (secondary N) is 1. The van der Waals surface area contributed by atoms with Crippen LogP contribution in [0.2, 0.25) is 0 Å². The third kappa shape index (κ3) is 4.51. The van der Waals surface area contributed by atoms with Gasteiger partial charge in [0.15, 0.2) is 0 Å². The molecule has 0 bridgehead atoms. The number of piperazine rings is 1. The predicted octanol–water partition coefficient (Wildman–Crippen LogP) is 4.73. The Labute approximate surface area is 202 Å². The van der Waals surface area contributed by atoms with Crippen LogP contribution in [0.3, 0.4) is 0 Å². The van der Waals surface area contributed by atoms with E-state index in [0.717, 1.165) is 62.5 Å². The number of ether oxygens (including phenoxy) is 1. The summed E-state index contributed by atoms with van der Waals surface area (Å²) in [6, 6.07) is 15.1. The number of anilines is 1. The summed E-state index contributed by atoms with van der Waals surface area (Å²) in [5, 5.41) is 1.23. The fourth-order valence-electron chi connectivity index (χ4n) is 5.52. The molecule has 1 amide bonds. The van der Waals surface area contributed by atoms with Crippen molar-refractivity contribution in [3.63, 3.8) is 0 Å². The minimum Gasteiger partial charge on any atom is -0.497 e. The molecular weight excluding hydrogens is 424 g/mol. The number of H-pyrrole nitrogens is 1. The van der Waals surface area contributed by atoms with E-state index in [1.165, 1.54) is 23.1 Å². The average molecular weight is 461 g/mol. The number of fused-ring (bicyclic) bond motifs is 1. The van der Waals surface area contributed by atoms with Gasteiger partial charge in [0.05, 0.1) is 7.11 Å². The Kier molecular flexibility index (Phi) is 6.50. The molecule has 6 heteroatoms. The highest BCUT2D eigenvalue weighted by atomic mass is 16.5. The fourth-order valence-corrected chi connectivity index (χ4v) is 5.52. The van der Waals surface area contributed by atoms with Gasteiger partial charge in [-0.1, -0.05) is 12.1 Å². The Balaban J connectivity index is 1.31. The van der Waals surface area contributed by atoms with E-state index < -0.39 is 0 Å². The van der Waals surface area contributed by atoms with E-state index in [4.69, 9.17) is 4.74 Å². The minimum atomic E-state index is 0.142. The molecule has 0 saturated carbocycles. The molecule has 1 unspecified atom stereocenters. The van der Waals surface area contributed by atoms with E-state index in [2.05, 4.69) is 59.1 Å². The van der Waals surface area contributed by atoms with Gasteiger partial charge in [-0.15, -0.1) is 0 Å². The van der Waals surface area contributed by atoms with Gasteiger partial charge in [-0.3, -0.25) is 9.69 Å². The monoisotopic (exact) mass is 460 g/mol. The normalized spacial score (nSPS) is 19.7. The van der Waals surface area contributed by atoms with Crippen LogP contribution in [-0.4, -0.2) is 73.1 Å². The van der Waals surface area contributed by atoms with Crippen molar-refractivity contribution in [3.8, 4) is 5.75 Å². The van der Waals surface area contributed by atoms with Gasteiger partial charge >= 0.3 is 0 Å². The van der Waals surface area contributed by atoms with Gasteiger partial charge < -0.3 is 19.5 Å². The first kappa shape index (κ1) is 22.8. The first-order valence-corrected chi connectivity index (χ1v) is 12.6. The third-order valence-corrected chi connectivity index (χ3v) is 7.57. The van der Waals surface area contributed by atoms with Gasteiger partial charge in [-0.2, -0.15) is 0 Å². The molecule has 3 heterocycles. The summed E-state index contributed by atoms with van der Waals surface area (Å²) < 4.78 is 5.43. The number of carbonyl (C=O) groups excluding carboxylic acids is 1. The quantitative estimate of drug-likeness (QED) is 0.598. The topological polar surface area (TPSA) is 51.8 Å². The lowest BCUT2D eigenvalue weighted by Crippen LogP contribution is -2.50. The molecule has 180 valence electrons. The lowest BCUT2D eigenvalue weighted by atomic mass is 9.90. The number of carbonyl (C=O) groups is 1. The van der Waals surface area contributed by atoms with Crippen LogP contribution in [0, 0.1) is 0 Å². The molecule has 5 rings (SSSR count). The molecule has 0 spiro atoms. The van der Waals surface area contributed by atoms with E-state index in [1.54, 1.807) is 7.11 Å². The highest BCUT2D eigenvalue weighted by Gasteiger charge is 2.26. The predicted molar refractivity (Wildman–Crippen MR) is 138 cm³/mol. The summed E-state index contributed by atoms with van der Waals surface area (Å²) in [6.07, 6.45) is 4.49. The van der Waals surface area contributed by atoms with Crippen molar-refractivity contribution < 1.29 is 9.53 Å². The molecule has 1 atom stereocenters. The van der Waals surface area contributed by atoms with Crippen LogP contribution in [0.1, 0.15) is 48.5 Å². The van der Waals surface area contributed by atoms with Crippen LogP contribution in [-0.2, 0) is 0 Å². The molecule has 0 aliphatic carbocycles. The SMILES string of the molecule is COc1cccc(N2CCCC(c3c[nH]c4cc(C(=O)N5CCN(C(C)C)CC5)ccc34)C2)c1. The number of benzene rings is 2. The van der Waals surface area contributed by atoms with Gasteiger partial charge in [0, 0.05) is 85.6 Å². The summed E-state index contributed by atoms with van der Waals surface area (Å²) in [5.74, 6) is 1.50.